The molecular formula is C15H15F2N3O2. The van der Waals surface area contributed by atoms with Crippen LogP contribution in [-0.4, -0.2) is 38.3 Å². The van der Waals surface area contributed by atoms with E-state index in [1.165, 1.54) is 15.8 Å². The number of hydrogen-bond donors (Lipinski definition) is 1. The summed E-state index contributed by atoms with van der Waals surface area (Å²) in [5.41, 5.74) is 0.423. The van der Waals surface area contributed by atoms with Gasteiger partial charge in [-0.2, -0.15) is 5.10 Å². The molecule has 0 spiro atoms. The van der Waals surface area contributed by atoms with Crippen LogP contribution >= 0.6 is 0 Å². The minimum atomic E-state index is -0.770. The Morgan fingerprint density at radius 3 is 2.86 bits per heavy atom. The highest BCUT2D eigenvalue weighted by Crippen LogP contribution is 2.35. The van der Waals surface area contributed by atoms with Gasteiger partial charge in [0.1, 0.15) is 11.6 Å². The van der Waals surface area contributed by atoms with Gasteiger partial charge in [-0.25, -0.2) is 8.78 Å². The number of hydrogen-bond acceptors (Lipinski definition) is 3. The molecule has 1 fully saturated rings. The van der Waals surface area contributed by atoms with E-state index in [1.54, 1.807) is 13.2 Å². The van der Waals surface area contributed by atoms with Crippen molar-refractivity contribution in [3.63, 3.8) is 0 Å². The van der Waals surface area contributed by atoms with Crippen LogP contribution in [0.4, 0.5) is 8.78 Å². The van der Waals surface area contributed by atoms with Crippen LogP contribution in [0.25, 0.3) is 0 Å². The van der Waals surface area contributed by atoms with Crippen LogP contribution in [0.5, 0.6) is 0 Å². The molecule has 1 N–H and O–H groups in total. The molecule has 22 heavy (non-hydrogen) atoms. The summed E-state index contributed by atoms with van der Waals surface area (Å²) in [4.78, 5) is 13.9. The predicted molar refractivity (Wildman–Crippen MR) is 74.0 cm³/mol. The number of benzene rings is 1. The van der Waals surface area contributed by atoms with Crippen LogP contribution in [0.15, 0.2) is 30.6 Å². The third-order valence-electron chi connectivity index (χ3n) is 3.81. The third-order valence-corrected chi connectivity index (χ3v) is 3.81. The van der Waals surface area contributed by atoms with Gasteiger partial charge in [0.25, 0.3) is 5.91 Å². The maximum atomic E-state index is 14.0. The number of amides is 1. The van der Waals surface area contributed by atoms with Gasteiger partial charge >= 0.3 is 0 Å². The second-order valence-electron chi connectivity index (χ2n) is 5.43. The average molecular weight is 307 g/mol. The molecule has 1 aliphatic heterocycles. The second-order valence-corrected chi connectivity index (χ2v) is 5.43. The van der Waals surface area contributed by atoms with E-state index in [4.69, 9.17) is 0 Å². The Morgan fingerprint density at radius 1 is 1.41 bits per heavy atom. The number of aryl methyl sites for hydroxylation is 1. The molecule has 0 unspecified atom stereocenters. The highest BCUT2D eigenvalue weighted by molar-refractivity contribution is 5.94. The fraction of sp³-hybridized carbons (Fsp3) is 0.333. The van der Waals surface area contributed by atoms with Crippen LogP contribution in [0, 0.1) is 11.6 Å². The first-order valence-corrected chi connectivity index (χ1v) is 6.88. The smallest absolute Gasteiger partial charge is 0.257 e. The maximum absolute atomic E-state index is 14.0. The SMILES string of the molecule is Cn1cc(C(=O)N2C[C@@H](O)C[C@H]2c2cc(F)ccc2F)cn1. The Bertz CT molecular complexity index is 717. The minimum Gasteiger partial charge on any atom is -0.391 e. The van der Waals surface area contributed by atoms with Crippen molar-refractivity contribution in [2.75, 3.05) is 6.54 Å². The Balaban J connectivity index is 1.95. The van der Waals surface area contributed by atoms with Crippen LogP contribution in [0.2, 0.25) is 0 Å². The summed E-state index contributed by atoms with van der Waals surface area (Å²) in [6, 6.07) is 2.43. The first-order chi connectivity index (χ1) is 10.5. The second kappa shape index (κ2) is 5.49. The van der Waals surface area contributed by atoms with Crippen molar-refractivity contribution >= 4 is 5.91 Å². The van der Waals surface area contributed by atoms with Crippen molar-refractivity contribution in [2.24, 2.45) is 7.05 Å². The number of β-amino-alcohol motifs (C(OH)–C–C–N with tert-alkyl or cyclic N) is 1. The van der Waals surface area contributed by atoms with Gasteiger partial charge in [-0.3, -0.25) is 9.48 Å². The van der Waals surface area contributed by atoms with E-state index in [1.807, 2.05) is 0 Å². The van der Waals surface area contributed by atoms with E-state index in [9.17, 15) is 18.7 Å². The van der Waals surface area contributed by atoms with Gasteiger partial charge in [-0.05, 0) is 24.6 Å². The molecule has 0 aliphatic carbocycles. The van der Waals surface area contributed by atoms with Gasteiger partial charge in [-0.1, -0.05) is 0 Å². The molecular weight excluding hydrogens is 292 g/mol. The number of rotatable bonds is 2. The summed E-state index contributed by atoms with van der Waals surface area (Å²) in [6.45, 7) is 0.0777. The van der Waals surface area contributed by atoms with Gasteiger partial charge in [0.15, 0.2) is 0 Å². The first kappa shape index (κ1) is 14.6. The molecule has 2 heterocycles. The molecule has 2 atom stereocenters. The van der Waals surface area contributed by atoms with E-state index in [0.29, 0.717) is 5.56 Å². The standard InChI is InChI=1S/C15H15F2N3O2/c1-19-7-9(6-18-19)15(22)20-8-11(21)5-14(20)12-4-10(16)2-3-13(12)17/h2-4,6-7,11,14,21H,5,8H2,1H3/t11-,14-/m0/s1. The molecule has 2 aromatic rings. The van der Waals surface area contributed by atoms with Gasteiger partial charge in [0.05, 0.1) is 23.9 Å². The normalized spacial score (nSPS) is 21.4. The van der Waals surface area contributed by atoms with E-state index < -0.39 is 23.8 Å². The third kappa shape index (κ3) is 2.59. The van der Waals surface area contributed by atoms with Crippen molar-refractivity contribution < 1.29 is 18.7 Å². The van der Waals surface area contributed by atoms with Crippen molar-refractivity contribution in [3.05, 3.63) is 53.4 Å². The lowest BCUT2D eigenvalue weighted by Gasteiger charge is -2.24. The lowest BCUT2D eigenvalue weighted by molar-refractivity contribution is 0.0713. The predicted octanol–water partition coefficient (Wildman–Crippen LogP) is 1.65. The quantitative estimate of drug-likeness (QED) is 0.918. The largest absolute Gasteiger partial charge is 0.391 e. The molecule has 7 heteroatoms. The number of aromatic nitrogens is 2. The van der Waals surface area contributed by atoms with Crippen molar-refractivity contribution in [1.29, 1.82) is 0 Å². The van der Waals surface area contributed by atoms with Crippen molar-refractivity contribution in [1.82, 2.24) is 14.7 Å². The summed E-state index contributed by atoms with van der Waals surface area (Å²) in [6.07, 6.45) is 2.36. The Labute approximate surface area is 125 Å². The summed E-state index contributed by atoms with van der Waals surface area (Å²) in [5.74, 6) is -1.53. The van der Waals surface area contributed by atoms with E-state index in [2.05, 4.69) is 5.10 Å². The monoisotopic (exact) mass is 307 g/mol. The van der Waals surface area contributed by atoms with Crippen molar-refractivity contribution in [2.45, 2.75) is 18.6 Å². The Morgan fingerprint density at radius 2 is 2.18 bits per heavy atom. The Kier molecular flexibility index (Phi) is 3.66. The number of carbonyl (C=O) groups excluding carboxylic acids is 1. The lowest BCUT2D eigenvalue weighted by Crippen LogP contribution is -2.32. The van der Waals surface area contributed by atoms with E-state index in [0.717, 1.165) is 18.2 Å². The molecule has 1 saturated heterocycles. The first-order valence-electron chi connectivity index (χ1n) is 6.88. The fourth-order valence-electron chi connectivity index (χ4n) is 2.80. The number of aliphatic hydroxyl groups is 1. The van der Waals surface area contributed by atoms with Crippen LogP contribution < -0.4 is 0 Å². The maximum Gasteiger partial charge on any atom is 0.257 e. The number of likely N-dealkylation sites (tertiary alicyclic amines) is 1. The van der Waals surface area contributed by atoms with Gasteiger partial charge in [0, 0.05) is 25.4 Å². The topological polar surface area (TPSA) is 58.4 Å². The molecule has 1 aliphatic rings. The molecule has 1 aromatic heterocycles. The average Bonchev–Trinajstić information content (AvgIpc) is 3.07. The van der Waals surface area contributed by atoms with E-state index in [-0.39, 0.29) is 24.4 Å². The van der Waals surface area contributed by atoms with Gasteiger partial charge in [-0.15, -0.1) is 0 Å². The van der Waals surface area contributed by atoms with Crippen LogP contribution in [-0.2, 0) is 7.05 Å². The summed E-state index contributed by atoms with van der Waals surface area (Å²) in [7, 11) is 1.68. The van der Waals surface area contributed by atoms with Crippen LogP contribution in [0.3, 0.4) is 0 Å². The molecule has 0 saturated carbocycles. The minimum absolute atomic E-state index is 0.0776. The zero-order chi connectivity index (χ0) is 15.9. The lowest BCUT2D eigenvalue weighted by atomic mass is 10.0. The van der Waals surface area contributed by atoms with Crippen molar-refractivity contribution in [3.8, 4) is 0 Å². The highest BCUT2D eigenvalue weighted by atomic mass is 19.1. The number of carbonyl (C=O) groups is 1. The zero-order valence-corrected chi connectivity index (χ0v) is 11.9. The molecule has 0 bridgehead atoms. The molecule has 116 valence electrons. The fourth-order valence-corrected chi connectivity index (χ4v) is 2.80. The molecule has 0 radical (unpaired) electrons. The summed E-state index contributed by atoms with van der Waals surface area (Å²) >= 11 is 0. The summed E-state index contributed by atoms with van der Waals surface area (Å²) in [5, 5.41) is 13.8. The zero-order valence-electron chi connectivity index (χ0n) is 11.9. The number of halogens is 2. The molecule has 1 amide bonds. The highest BCUT2D eigenvalue weighted by Gasteiger charge is 2.37. The molecule has 5 nitrogen and oxygen atoms in total. The van der Waals surface area contributed by atoms with Crippen LogP contribution in [0.1, 0.15) is 28.4 Å². The van der Waals surface area contributed by atoms with Gasteiger partial charge < -0.3 is 10.0 Å². The Hall–Kier alpha value is -2.28. The number of nitrogens with zero attached hydrogens (tertiary/aromatic N) is 3. The molecule has 1 aromatic carbocycles. The summed E-state index contributed by atoms with van der Waals surface area (Å²) < 4.78 is 28.9. The van der Waals surface area contributed by atoms with Gasteiger partial charge in [0.2, 0.25) is 0 Å². The molecule has 3 rings (SSSR count). The number of aliphatic hydroxyl groups excluding tert-OH is 1. The van der Waals surface area contributed by atoms with E-state index >= 15 is 0 Å².